The van der Waals surface area contributed by atoms with Crippen molar-refractivity contribution in [2.75, 3.05) is 17.7 Å². The number of nitrogen functional groups attached to an aromatic ring is 1. The number of ether oxygens (including phenoxy) is 1. The molecule has 5 nitrogen and oxygen atoms in total. The van der Waals surface area contributed by atoms with E-state index in [9.17, 15) is 0 Å². The van der Waals surface area contributed by atoms with Gasteiger partial charge in [-0.3, -0.25) is 0 Å². The quantitative estimate of drug-likeness (QED) is 0.836. The van der Waals surface area contributed by atoms with Gasteiger partial charge in [0.15, 0.2) is 5.82 Å². The number of hydrogen-bond donors (Lipinski definition) is 2. The van der Waals surface area contributed by atoms with Gasteiger partial charge in [-0.2, -0.15) is 4.98 Å². The first kappa shape index (κ1) is 15.9. The fourth-order valence-corrected chi connectivity index (χ4v) is 2.58. The van der Waals surface area contributed by atoms with Crippen LogP contribution >= 0.6 is 0 Å². The normalized spacial score (nSPS) is 16.2. The molecule has 5 heteroatoms. The van der Waals surface area contributed by atoms with E-state index in [1.807, 2.05) is 0 Å². The Hall–Kier alpha value is -1.52. The van der Waals surface area contributed by atoms with Crippen LogP contribution in [0, 0.1) is 0 Å². The van der Waals surface area contributed by atoms with E-state index in [0.29, 0.717) is 24.2 Å². The lowest BCUT2D eigenvalue weighted by Gasteiger charge is -2.24. The van der Waals surface area contributed by atoms with Crippen LogP contribution in [0.4, 0.5) is 11.5 Å². The Morgan fingerprint density at radius 3 is 2.57 bits per heavy atom. The zero-order valence-electron chi connectivity index (χ0n) is 13.5. The van der Waals surface area contributed by atoms with E-state index in [-0.39, 0.29) is 5.92 Å². The molecule has 0 unspecified atom stereocenters. The van der Waals surface area contributed by atoms with Crippen molar-refractivity contribution < 1.29 is 4.74 Å². The standard InChI is InChI=1S/C16H28N4O/c1-4-10-21-16-13(17)15(19-14(20-16)11(2)3)18-12-8-6-5-7-9-12/h11-12H,4-10,17H2,1-3H3,(H,18,19,20). The molecule has 0 amide bonds. The Kier molecular flexibility index (Phi) is 5.65. The van der Waals surface area contributed by atoms with Crippen molar-refractivity contribution in [1.82, 2.24) is 9.97 Å². The molecule has 2 rings (SSSR count). The van der Waals surface area contributed by atoms with Gasteiger partial charge in [-0.05, 0) is 19.3 Å². The van der Waals surface area contributed by atoms with E-state index in [1.165, 1.54) is 32.1 Å². The summed E-state index contributed by atoms with van der Waals surface area (Å²) in [7, 11) is 0. The molecule has 118 valence electrons. The highest BCUT2D eigenvalue weighted by atomic mass is 16.5. The molecule has 0 aromatic carbocycles. The number of rotatable bonds is 6. The van der Waals surface area contributed by atoms with Crippen LogP contribution in [-0.4, -0.2) is 22.6 Å². The van der Waals surface area contributed by atoms with Crippen LogP contribution in [-0.2, 0) is 0 Å². The third kappa shape index (κ3) is 4.22. The van der Waals surface area contributed by atoms with Crippen molar-refractivity contribution in [3.8, 4) is 5.88 Å². The minimum absolute atomic E-state index is 0.251. The Morgan fingerprint density at radius 2 is 1.95 bits per heavy atom. The molecular weight excluding hydrogens is 264 g/mol. The molecule has 0 atom stereocenters. The summed E-state index contributed by atoms with van der Waals surface area (Å²) < 4.78 is 5.69. The number of aromatic nitrogens is 2. The summed E-state index contributed by atoms with van der Waals surface area (Å²) in [6.45, 7) is 6.86. The number of nitrogens with zero attached hydrogens (tertiary/aromatic N) is 2. The van der Waals surface area contributed by atoms with Gasteiger partial charge in [0.1, 0.15) is 11.5 Å². The van der Waals surface area contributed by atoms with Crippen molar-refractivity contribution >= 4 is 11.5 Å². The van der Waals surface area contributed by atoms with Gasteiger partial charge in [0.2, 0.25) is 5.88 Å². The highest BCUT2D eigenvalue weighted by Crippen LogP contribution is 2.30. The second-order valence-electron chi connectivity index (χ2n) is 6.13. The van der Waals surface area contributed by atoms with Crippen molar-refractivity contribution in [2.45, 2.75) is 71.3 Å². The molecule has 0 aliphatic heterocycles. The molecule has 3 N–H and O–H groups in total. The van der Waals surface area contributed by atoms with Crippen molar-refractivity contribution in [3.05, 3.63) is 5.82 Å². The molecule has 1 heterocycles. The fraction of sp³-hybridized carbons (Fsp3) is 0.750. The molecular formula is C16H28N4O. The highest BCUT2D eigenvalue weighted by molar-refractivity contribution is 5.67. The van der Waals surface area contributed by atoms with Gasteiger partial charge in [-0.15, -0.1) is 0 Å². The largest absolute Gasteiger partial charge is 0.476 e. The van der Waals surface area contributed by atoms with E-state index < -0.39 is 0 Å². The van der Waals surface area contributed by atoms with Crippen LogP contribution in [0.3, 0.4) is 0 Å². The molecule has 1 fully saturated rings. The van der Waals surface area contributed by atoms with E-state index in [0.717, 1.165) is 18.1 Å². The minimum atomic E-state index is 0.251. The van der Waals surface area contributed by atoms with Crippen LogP contribution in [0.25, 0.3) is 0 Å². The minimum Gasteiger partial charge on any atom is -0.476 e. The third-order valence-corrected chi connectivity index (χ3v) is 3.83. The van der Waals surface area contributed by atoms with Crippen molar-refractivity contribution in [2.24, 2.45) is 0 Å². The molecule has 1 aliphatic carbocycles. The van der Waals surface area contributed by atoms with Crippen LogP contribution in [0.1, 0.15) is 71.0 Å². The Morgan fingerprint density at radius 1 is 1.24 bits per heavy atom. The molecule has 0 saturated heterocycles. The summed E-state index contributed by atoms with van der Waals surface area (Å²) in [5, 5.41) is 3.51. The Bertz CT molecular complexity index is 456. The summed E-state index contributed by atoms with van der Waals surface area (Å²) in [5.41, 5.74) is 6.74. The monoisotopic (exact) mass is 292 g/mol. The molecule has 0 radical (unpaired) electrons. The predicted molar refractivity (Wildman–Crippen MR) is 86.8 cm³/mol. The third-order valence-electron chi connectivity index (χ3n) is 3.83. The van der Waals surface area contributed by atoms with Crippen molar-refractivity contribution in [3.63, 3.8) is 0 Å². The zero-order valence-corrected chi connectivity index (χ0v) is 13.5. The van der Waals surface area contributed by atoms with E-state index in [2.05, 4.69) is 36.1 Å². The summed E-state index contributed by atoms with van der Waals surface area (Å²) in [6, 6.07) is 0.468. The summed E-state index contributed by atoms with van der Waals surface area (Å²) in [6.07, 6.45) is 7.19. The predicted octanol–water partition coefficient (Wildman–Crippen LogP) is 3.72. The van der Waals surface area contributed by atoms with Gasteiger partial charge in [0.05, 0.1) is 6.61 Å². The van der Waals surface area contributed by atoms with Gasteiger partial charge < -0.3 is 15.8 Å². The first-order valence-electron chi connectivity index (χ1n) is 8.18. The number of nitrogens with one attached hydrogen (secondary N) is 1. The van der Waals surface area contributed by atoms with E-state index in [1.54, 1.807) is 0 Å². The Balaban J connectivity index is 2.22. The Labute approximate surface area is 127 Å². The molecule has 1 aromatic rings. The summed E-state index contributed by atoms with van der Waals surface area (Å²) >= 11 is 0. The van der Waals surface area contributed by atoms with Crippen LogP contribution in [0.15, 0.2) is 0 Å². The van der Waals surface area contributed by atoms with Gasteiger partial charge in [-0.1, -0.05) is 40.0 Å². The number of hydrogen-bond acceptors (Lipinski definition) is 5. The first-order chi connectivity index (χ1) is 10.1. The maximum absolute atomic E-state index is 6.20. The maximum atomic E-state index is 6.20. The maximum Gasteiger partial charge on any atom is 0.242 e. The molecule has 1 saturated carbocycles. The van der Waals surface area contributed by atoms with Crippen LogP contribution in [0.2, 0.25) is 0 Å². The topological polar surface area (TPSA) is 73.1 Å². The van der Waals surface area contributed by atoms with Crippen LogP contribution in [0.5, 0.6) is 5.88 Å². The zero-order chi connectivity index (χ0) is 15.2. The lowest BCUT2D eigenvalue weighted by atomic mass is 9.95. The first-order valence-corrected chi connectivity index (χ1v) is 8.18. The summed E-state index contributed by atoms with van der Waals surface area (Å²) in [4.78, 5) is 9.07. The lowest BCUT2D eigenvalue weighted by Crippen LogP contribution is -2.24. The van der Waals surface area contributed by atoms with Gasteiger partial charge in [0.25, 0.3) is 0 Å². The summed E-state index contributed by atoms with van der Waals surface area (Å²) in [5.74, 6) is 2.30. The van der Waals surface area contributed by atoms with E-state index in [4.69, 9.17) is 10.5 Å². The average Bonchev–Trinajstić information content (AvgIpc) is 2.49. The number of nitrogens with two attached hydrogens (primary N) is 1. The second kappa shape index (κ2) is 7.48. The molecule has 1 aromatic heterocycles. The highest BCUT2D eigenvalue weighted by Gasteiger charge is 2.19. The molecule has 21 heavy (non-hydrogen) atoms. The molecule has 0 bridgehead atoms. The molecule has 1 aliphatic rings. The van der Waals surface area contributed by atoms with Gasteiger partial charge in [0, 0.05) is 12.0 Å². The SMILES string of the molecule is CCCOc1nc(C(C)C)nc(NC2CCCCC2)c1N. The molecule has 0 spiro atoms. The average molecular weight is 292 g/mol. The van der Waals surface area contributed by atoms with Crippen LogP contribution < -0.4 is 15.8 Å². The van der Waals surface area contributed by atoms with E-state index >= 15 is 0 Å². The van der Waals surface area contributed by atoms with Crippen molar-refractivity contribution in [1.29, 1.82) is 0 Å². The van der Waals surface area contributed by atoms with Gasteiger partial charge in [-0.25, -0.2) is 4.98 Å². The fourth-order valence-electron chi connectivity index (χ4n) is 2.58. The van der Waals surface area contributed by atoms with Gasteiger partial charge >= 0.3 is 0 Å². The second-order valence-corrected chi connectivity index (χ2v) is 6.13. The number of anilines is 2. The smallest absolute Gasteiger partial charge is 0.242 e. The lowest BCUT2D eigenvalue weighted by molar-refractivity contribution is 0.305.